The number of rotatable bonds is 10. The summed E-state index contributed by atoms with van der Waals surface area (Å²) in [5.74, 6) is -0.103. The number of hydrogen-bond donors (Lipinski definition) is 3. The molecular weight excluding hydrogens is 448 g/mol. The summed E-state index contributed by atoms with van der Waals surface area (Å²) < 4.78 is 12.1. The van der Waals surface area contributed by atoms with Crippen LogP contribution in [0.5, 0.6) is 5.75 Å². The van der Waals surface area contributed by atoms with Crippen LogP contribution in [0.4, 0.5) is 11.4 Å². The predicted octanol–water partition coefficient (Wildman–Crippen LogP) is 3.99. The smallest absolute Gasteiger partial charge is 0.356 e. The molecule has 0 bridgehead atoms. The van der Waals surface area contributed by atoms with Gasteiger partial charge in [-0.05, 0) is 57.4 Å². The van der Waals surface area contributed by atoms with Gasteiger partial charge < -0.3 is 29.8 Å². The third-order valence-corrected chi connectivity index (χ3v) is 5.58. The molecule has 1 unspecified atom stereocenters. The topological polar surface area (TPSA) is 115 Å². The second kappa shape index (κ2) is 10.8. The fourth-order valence-electron chi connectivity index (χ4n) is 4.25. The van der Waals surface area contributed by atoms with Gasteiger partial charge in [-0.1, -0.05) is 12.1 Å². The van der Waals surface area contributed by atoms with Crippen molar-refractivity contribution in [3.8, 4) is 5.75 Å². The lowest BCUT2D eigenvalue weighted by atomic mass is 10.0. The second-order valence-corrected chi connectivity index (χ2v) is 9.30. The Hall–Kier alpha value is -3.59. The molecule has 35 heavy (non-hydrogen) atoms. The molecule has 2 aromatic heterocycles. The van der Waals surface area contributed by atoms with Crippen molar-refractivity contribution in [2.45, 2.75) is 58.7 Å². The summed E-state index contributed by atoms with van der Waals surface area (Å²) >= 11 is 0. The molecule has 3 rings (SSSR count). The Morgan fingerprint density at radius 2 is 1.89 bits per heavy atom. The first-order valence-electron chi connectivity index (χ1n) is 11.5. The molecule has 0 fully saturated rings. The van der Waals surface area contributed by atoms with Gasteiger partial charge in [0.25, 0.3) is 0 Å². The molecule has 2 heterocycles. The number of methoxy groups -OCH3 is 2. The Bertz CT molecular complexity index is 1200. The Kier molecular flexibility index (Phi) is 8.01. The van der Waals surface area contributed by atoms with Gasteiger partial charge >= 0.3 is 5.97 Å². The Labute approximate surface area is 205 Å². The highest BCUT2D eigenvalue weighted by atomic mass is 16.5. The molecule has 3 aromatic rings. The molecule has 1 atom stereocenters. The average molecular weight is 483 g/mol. The van der Waals surface area contributed by atoms with E-state index in [9.17, 15) is 14.7 Å². The summed E-state index contributed by atoms with van der Waals surface area (Å²) in [7, 11) is 2.93. The lowest BCUT2D eigenvalue weighted by Gasteiger charge is -2.23. The first kappa shape index (κ1) is 26.0. The third kappa shape index (κ3) is 6.51. The van der Waals surface area contributed by atoms with Crippen LogP contribution in [0.2, 0.25) is 0 Å². The van der Waals surface area contributed by atoms with Crippen molar-refractivity contribution < 1.29 is 24.2 Å². The van der Waals surface area contributed by atoms with Crippen LogP contribution >= 0.6 is 0 Å². The van der Waals surface area contributed by atoms with Gasteiger partial charge in [-0.2, -0.15) is 0 Å². The summed E-state index contributed by atoms with van der Waals surface area (Å²) in [4.78, 5) is 29.5. The van der Waals surface area contributed by atoms with Crippen LogP contribution in [0.1, 0.15) is 50.2 Å². The van der Waals surface area contributed by atoms with Crippen LogP contribution in [0.25, 0.3) is 11.0 Å². The van der Waals surface area contributed by atoms with Crippen molar-refractivity contribution in [3.05, 3.63) is 47.8 Å². The molecule has 3 N–H and O–H groups in total. The maximum absolute atomic E-state index is 12.8. The predicted molar refractivity (Wildman–Crippen MR) is 136 cm³/mol. The summed E-state index contributed by atoms with van der Waals surface area (Å²) in [6.45, 7) is 7.32. The standard InChI is InChI=1S/C26H34N4O5/c1-16(14-26(3,4)33)28-19-13-21-22(29-17(2)31)23(25(32)35-6)30(24(21)27-15-19)12-11-18-7-9-20(34-5)10-8-18/h7-10,13,15-16,28,33H,11-12,14H2,1-6H3,(H,29,31). The number of amides is 1. The van der Waals surface area contributed by atoms with Gasteiger partial charge in [0.2, 0.25) is 5.91 Å². The van der Waals surface area contributed by atoms with E-state index in [0.29, 0.717) is 41.8 Å². The molecule has 0 aliphatic heterocycles. The summed E-state index contributed by atoms with van der Waals surface area (Å²) in [5, 5.41) is 16.9. The minimum absolute atomic E-state index is 0.0318. The minimum Gasteiger partial charge on any atom is -0.497 e. The number of aryl methyl sites for hydroxylation is 2. The largest absolute Gasteiger partial charge is 0.497 e. The number of hydrogen-bond acceptors (Lipinski definition) is 7. The highest BCUT2D eigenvalue weighted by molar-refractivity contribution is 6.10. The quantitative estimate of drug-likeness (QED) is 0.374. The molecule has 0 spiro atoms. The number of aromatic nitrogens is 2. The van der Waals surface area contributed by atoms with Gasteiger partial charge in [-0.15, -0.1) is 0 Å². The molecule has 0 aliphatic carbocycles. The number of carbonyl (C=O) groups excluding carboxylic acids is 2. The number of pyridine rings is 1. The van der Waals surface area contributed by atoms with Crippen molar-refractivity contribution in [1.29, 1.82) is 0 Å². The van der Waals surface area contributed by atoms with Gasteiger partial charge in [-0.3, -0.25) is 4.79 Å². The van der Waals surface area contributed by atoms with E-state index >= 15 is 0 Å². The van der Waals surface area contributed by atoms with E-state index in [0.717, 1.165) is 11.3 Å². The second-order valence-electron chi connectivity index (χ2n) is 9.30. The van der Waals surface area contributed by atoms with E-state index in [1.807, 2.05) is 37.3 Å². The van der Waals surface area contributed by atoms with Crippen LogP contribution < -0.4 is 15.4 Å². The Balaban J connectivity index is 2.04. The summed E-state index contributed by atoms with van der Waals surface area (Å²) in [6.07, 6.45) is 2.84. The van der Waals surface area contributed by atoms with E-state index in [4.69, 9.17) is 9.47 Å². The lowest BCUT2D eigenvalue weighted by molar-refractivity contribution is -0.114. The SMILES string of the molecule is COC(=O)c1c(NC(C)=O)c2cc(NC(C)CC(C)(C)O)cnc2n1CCc1ccc(OC)cc1. The van der Waals surface area contributed by atoms with Gasteiger partial charge in [0.15, 0.2) is 5.69 Å². The number of aliphatic hydroxyl groups is 1. The van der Waals surface area contributed by atoms with E-state index in [-0.39, 0.29) is 17.6 Å². The van der Waals surface area contributed by atoms with Gasteiger partial charge in [-0.25, -0.2) is 9.78 Å². The van der Waals surface area contributed by atoms with Crippen molar-refractivity contribution in [3.63, 3.8) is 0 Å². The Morgan fingerprint density at radius 1 is 1.20 bits per heavy atom. The maximum Gasteiger partial charge on any atom is 0.356 e. The van der Waals surface area contributed by atoms with Gasteiger partial charge in [0, 0.05) is 24.9 Å². The van der Waals surface area contributed by atoms with Crippen LogP contribution in [0, 0.1) is 0 Å². The zero-order valence-electron chi connectivity index (χ0n) is 21.1. The van der Waals surface area contributed by atoms with E-state index < -0.39 is 11.6 Å². The number of nitrogens with zero attached hydrogens (tertiary/aromatic N) is 2. The Morgan fingerprint density at radius 3 is 2.46 bits per heavy atom. The van der Waals surface area contributed by atoms with Crippen LogP contribution in [-0.4, -0.2) is 52.4 Å². The highest BCUT2D eigenvalue weighted by Crippen LogP contribution is 2.33. The first-order chi connectivity index (χ1) is 16.5. The van der Waals surface area contributed by atoms with Gasteiger partial charge in [0.1, 0.15) is 11.4 Å². The van der Waals surface area contributed by atoms with E-state index in [1.54, 1.807) is 31.7 Å². The molecule has 1 amide bonds. The molecule has 1 aromatic carbocycles. The number of anilines is 2. The highest BCUT2D eigenvalue weighted by Gasteiger charge is 2.26. The zero-order valence-corrected chi connectivity index (χ0v) is 21.1. The number of esters is 1. The van der Waals surface area contributed by atoms with E-state index in [2.05, 4.69) is 15.6 Å². The van der Waals surface area contributed by atoms with Crippen LogP contribution in [-0.2, 0) is 22.5 Å². The molecule has 9 heteroatoms. The zero-order chi connectivity index (χ0) is 25.8. The van der Waals surface area contributed by atoms with E-state index in [1.165, 1.54) is 14.0 Å². The number of ether oxygens (including phenoxy) is 2. The summed E-state index contributed by atoms with van der Waals surface area (Å²) in [6, 6.07) is 9.53. The molecule has 0 saturated heterocycles. The molecule has 9 nitrogen and oxygen atoms in total. The fourth-order valence-corrected chi connectivity index (χ4v) is 4.25. The third-order valence-electron chi connectivity index (χ3n) is 5.58. The number of carbonyl (C=O) groups is 2. The molecule has 0 saturated carbocycles. The average Bonchev–Trinajstić information content (AvgIpc) is 3.08. The summed E-state index contributed by atoms with van der Waals surface area (Å²) in [5.41, 5.74) is 2.10. The van der Waals surface area contributed by atoms with Crippen molar-refractivity contribution in [2.75, 3.05) is 24.9 Å². The normalized spacial score (nSPS) is 12.3. The minimum atomic E-state index is -0.825. The number of benzene rings is 1. The molecule has 0 aliphatic rings. The first-order valence-corrected chi connectivity index (χ1v) is 11.5. The fraction of sp³-hybridized carbons (Fsp3) is 0.423. The lowest BCUT2D eigenvalue weighted by Crippen LogP contribution is -2.29. The van der Waals surface area contributed by atoms with Crippen molar-refractivity contribution >= 4 is 34.3 Å². The van der Waals surface area contributed by atoms with Crippen LogP contribution in [0.3, 0.4) is 0 Å². The molecule has 188 valence electrons. The van der Waals surface area contributed by atoms with Crippen molar-refractivity contribution in [1.82, 2.24) is 9.55 Å². The number of fused-ring (bicyclic) bond motifs is 1. The van der Waals surface area contributed by atoms with Crippen LogP contribution in [0.15, 0.2) is 36.5 Å². The maximum atomic E-state index is 12.8. The molecular formula is C26H34N4O5. The number of nitrogens with one attached hydrogen (secondary N) is 2. The molecule has 0 radical (unpaired) electrons. The van der Waals surface area contributed by atoms with Gasteiger partial charge in [0.05, 0.1) is 37.4 Å². The van der Waals surface area contributed by atoms with Crippen molar-refractivity contribution in [2.24, 2.45) is 0 Å². The monoisotopic (exact) mass is 482 g/mol.